The van der Waals surface area contributed by atoms with Crippen molar-refractivity contribution in [1.82, 2.24) is 14.7 Å². The van der Waals surface area contributed by atoms with Gasteiger partial charge in [-0.05, 0) is 19.1 Å². The van der Waals surface area contributed by atoms with E-state index < -0.39 is 0 Å². The first-order chi connectivity index (χ1) is 6.86. The van der Waals surface area contributed by atoms with Crippen molar-refractivity contribution in [3.05, 3.63) is 35.3 Å². The van der Waals surface area contributed by atoms with Crippen LogP contribution in [0.25, 0.3) is 5.65 Å². The molecule has 4 heteroatoms. The van der Waals surface area contributed by atoms with Crippen LogP contribution in [0, 0.1) is 6.92 Å². The van der Waals surface area contributed by atoms with Crippen LogP contribution >= 0.6 is 12.4 Å². The monoisotopic (exact) mass is 223 g/mol. The summed E-state index contributed by atoms with van der Waals surface area (Å²) in [7, 11) is 0. The van der Waals surface area contributed by atoms with E-state index in [1.54, 1.807) is 0 Å². The van der Waals surface area contributed by atoms with Gasteiger partial charge in [0.25, 0.3) is 0 Å². The number of nitrogens with zero attached hydrogens (tertiary/aromatic N) is 2. The fourth-order valence-corrected chi connectivity index (χ4v) is 2.17. The van der Waals surface area contributed by atoms with Crippen molar-refractivity contribution in [3.8, 4) is 0 Å². The van der Waals surface area contributed by atoms with Gasteiger partial charge in [0.15, 0.2) is 0 Å². The highest BCUT2D eigenvalue weighted by Crippen LogP contribution is 2.17. The van der Waals surface area contributed by atoms with Crippen LogP contribution in [0.2, 0.25) is 0 Å². The summed E-state index contributed by atoms with van der Waals surface area (Å²) in [6.07, 6.45) is 1.05. The molecular formula is C11H14ClN3. The van der Waals surface area contributed by atoms with Gasteiger partial charge in [-0.25, -0.2) is 4.98 Å². The summed E-state index contributed by atoms with van der Waals surface area (Å²) in [5, 5.41) is 3.39. The van der Waals surface area contributed by atoms with E-state index in [0.717, 1.165) is 25.2 Å². The molecule has 0 bridgehead atoms. The fourth-order valence-electron chi connectivity index (χ4n) is 2.17. The number of hydrogen-bond acceptors (Lipinski definition) is 2. The van der Waals surface area contributed by atoms with Crippen LogP contribution in [0.5, 0.6) is 0 Å². The zero-order valence-corrected chi connectivity index (χ0v) is 9.47. The Kier molecular flexibility index (Phi) is 2.67. The van der Waals surface area contributed by atoms with Crippen molar-refractivity contribution in [2.45, 2.75) is 19.9 Å². The summed E-state index contributed by atoms with van der Waals surface area (Å²) in [6.45, 7) is 4.13. The SMILES string of the molecule is Cc1cccc2nc3c(n12)CNCC3.Cl. The van der Waals surface area contributed by atoms with Crippen LogP contribution in [-0.4, -0.2) is 15.9 Å². The molecule has 3 heterocycles. The highest BCUT2D eigenvalue weighted by Gasteiger charge is 2.15. The highest BCUT2D eigenvalue weighted by atomic mass is 35.5. The molecule has 0 saturated carbocycles. The first-order valence-electron chi connectivity index (χ1n) is 5.03. The molecule has 0 fully saturated rings. The molecule has 0 aliphatic carbocycles. The van der Waals surface area contributed by atoms with E-state index in [9.17, 15) is 0 Å². The van der Waals surface area contributed by atoms with E-state index in [4.69, 9.17) is 0 Å². The number of pyridine rings is 1. The number of aromatic nitrogens is 2. The van der Waals surface area contributed by atoms with Crippen molar-refractivity contribution < 1.29 is 0 Å². The molecule has 0 radical (unpaired) electrons. The van der Waals surface area contributed by atoms with Gasteiger partial charge >= 0.3 is 0 Å². The third kappa shape index (κ3) is 1.52. The van der Waals surface area contributed by atoms with Crippen LogP contribution in [0.15, 0.2) is 18.2 Å². The summed E-state index contributed by atoms with van der Waals surface area (Å²) in [6, 6.07) is 6.27. The average Bonchev–Trinajstić information content (AvgIpc) is 2.57. The summed E-state index contributed by atoms with van der Waals surface area (Å²) in [5.41, 5.74) is 4.95. The Balaban J connectivity index is 0.000000853. The second-order valence-electron chi connectivity index (χ2n) is 3.79. The minimum Gasteiger partial charge on any atom is -0.311 e. The molecule has 1 aliphatic rings. The Hall–Kier alpha value is -1.06. The predicted molar refractivity (Wildman–Crippen MR) is 62.6 cm³/mol. The quantitative estimate of drug-likeness (QED) is 0.737. The minimum atomic E-state index is 0. The molecule has 80 valence electrons. The number of nitrogens with one attached hydrogen (secondary N) is 1. The van der Waals surface area contributed by atoms with Crippen LogP contribution in [0.3, 0.4) is 0 Å². The van der Waals surface area contributed by atoms with Gasteiger partial charge in [-0.3, -0.25) is 4.40 Å². The van der Waals surface area contributed by atoms with Crippen molar-refractivity contribution in [2.24, 2.45) is 0 Å². The van der Waals surface area contributed by atoms with E-state index in [2.05, 4.69) is 39.8 Å². The standard InChI is InChI=1S/C11H13N3.ClH/c1-8-3-2-4-11-13-9-5-6-12-7-10(9)14(8)11;/h2-4,12H,5-7H2,1H3;1H. The lowest BCUT2D eigenvalue weighted by Crippen LogP contribution is -2.24. The van der Waals surface area contributed by atoms with Crippen LogP contribution < -0.4 is 5.32 Å². The largest absolute Gasteiger partial charge is 0.311 e. The van der Waals surface area contributed by atoms with Gasteiger partial charge in [-0.2, -0.15) is 0 Å². The maximum absolute atomic E-state index is 4.64. The zero-order chi connectivity index (χ0) is 9.54. The lowest BCUT2D eigenvalue weighted by atomic mass is 10.2. The van der Waals surface area contributed by atoms with Gasteiger partial charge < -0.3 is 5.32 Å². The Labute approximate surface area is 94.9 Å². The third-order valence-electron chi connectivity index (χ3n) is 2.85. The van der Waals surface area contributed by atoms with E-state index in [1.807, 2.05) is 0 Å². The molecule has 0 atom stereocenters. The number of halogens is 1. The Morgan fingerprint density at radius 2 is 2.27 bits per heavy atom. The molecule has 0 saturated heterocycles. The average molecular weight is 224 g/mol. The van der Waals surface area contributed by atoms with Crippen molar-refractivity contribution >= 4 is 18.1 Å². The maximum Gasteiger partial charge on any atom is 0.137 e. The molecule has 15 heavy (non-hydrogen) atoms. The number of imidazole rings is 1. The van der Waals surface area contributed by atoms with Crippen molar-refractivity contribution in [1.29, 1.82) is 0 Å². The Morgan fingerprint density at radius 3 is 3.13 bits per heavy atom. The van der Waals surface area contributed by atoms with Crippen LogP contribution in [-0.2, 0) is 13.0 Å². The van der Waals surface area contributed by atoms with Gasteiger partial charge in [0.1, 0.15) is 5.65 Å². The summed E-state index contributed by atoms with van der Waals surface area (Å²) in [5.74, 6) is 0. The van der Waals surface area contributed by atoms with Gasteiger partial charge in [-0.1, -0.05) is 6.07 Å². The normalized spacial score (nSPS) is 14.7. The Morgan fingerprint density at radius 1 is 1.40 bits per heavy atom. The smallest absolute Gasteiger partial charge is 0.137 e. The van der Waals surface area contributed by atoms with Gasteiger partial charge in [0, 0.05) is 25.2 Å². The lowest BCUT2D eigenvalue weighted by molar-refractivity contribution is 0.619. The molecule has 0 aromatic carbocycles. The molecule has 0 amide bonds. The number of rotatable bonds is 0. The minimum absolute atomic E-state index is 0. The summed E-state index contributed by atoms with van der Waals surface area (Å²) in [4.78, 5) is 4.64. The van der Waals surface area contributed by atoms with Crippen molar-refractivity contribution in [3.63, 3.8) is 0 Å². The lowest BCUT2D eigenvalue weighted by Gasteiger charge is -2.13. The van der Waals surface area contributed by atoms with Crippen LogP contribution in [0.1, 0.15) is 17.1 Å². The summed E-state index contributed by atoms with van der Waals surface area (Å²) >= 11 is 0. The summed E-state index contributed by atoms with van der Waals surface area (Å²) < 4.78 is 2.25. The number of fused-ring (bicyclic) bond motifs is 3. The molecular weight excluding hydrogens is 210 g/mol. The molecule has 0 unspecified atom stereocenters. The van der Waals surface area contributed by atoms with E-state index >= 15 is 0 Å². The molecule has 1 aliphatic heterocycles. The molecule has 2 aromatic heterocycles. The van der Waals surface area contributed by atoms with E-state index in [0.29, 0.717) is 0 Å². The topological polar surface area (TPSA) is 29.3 Å². The van der Waals surface area contributed by atoms with E-state index in [-0.39, 0.29) is 12.4 Å². The maximum atomic E-state index is 4.64. The predicted octanol–water partition coefficient (Wildman–Crippen LogP) is 1.71. The van der Waals surface area contributed by atoms with Gasteiger partial charge in [0.2, 0.25) is 0 Å². The third-order valence-corrected chi connectivity index (χ3v) is 2.85. The Bertz CT molecular complexity index is 490. The zero-order valence-electron chi connectivity index (χ0n) is 8.66. The molecule has 0 spiro atoms. The molecule has 3 nitrogen and oxygen atoms in total. The number of hydrogen-bond donors (Lipinski definition) is 1. The first kappa shape index (κ1) is 10.5. The number of aryl methyl sites for hydroxylation is 1. The first-order valence-corrected chi connectivity index (χ1v) is 5.03. The van der Waals surface area contributed by atoms with Gasteiger partial charge in [0.05, 0.1) is 11.4 Å². The highest BCUT2D eigenvalue weighted by molar-refractivity contribution is 5.85. The molecule has 2 aromatic rings. The fraction of sp³-hybridized carbons (Fsp3) is 0.364. The second kappa shape index (κ2) is 3.83. The molecule has 1 N–H and O–H groups in total. The van der Waals surface area contributed by atoms with Gasteiger partial charge in [-0.15, -0.1) is 12.4 Å². The van der Waals surface area contributed by atoms with Crippen molar-refractivity contribution in [2.75, 3.05) is 6.54 Å². The second-order valence-corrected chi connectivity index (χ2v) is 3.79. The van der Waals surface area contributed by atoms with E-state index in [1.165, 1.54) is 17.1 Å². The van der Waals surface area contributed by atoms with Crippen LogP contribution in [0.4, 0.5) is 0 Å². The molecule has 3 rings (SSSR count).